The molecule has 1 saturated heterocycles. The van der Waals surface area contributed by atoms with Crippen molar-refractivity contribution in [1.29, 1.82) is 0 Å². The standard InChI is InChI=1S/C16H24BrNO/c1-12-11-14(6-7-15(12)17)18-9-4-5-13(8-10-19)16(18,2)3/h6-7,11,13,19H,4-5,8-10H2,1-3H3. The SMILES string of the molecule is Cc1cc(N2CCCC(CCO)C2(C)C)ccc1Br. The summed E-state index contributed by atoms with van der Waals surface area (Å²) < 4.78 is 1.16. The average Bonchev–Trinajstić information content (AvgIpc) is 2.35. The third-order valence-electron chi connectivity index (χ3n) is 4.56. The fourth-order valence-corrected chi connectivity index (χ4v) is 3.52. The summed E-state index contributed by atoms with van der Waals surface area (Å²) in [5, 5.41) is 9.26. The van der Waals surface area contributed by atoms with Crippen LogP contribution in [0, 0.1) is 12.8 Å². The number of nitrogens with zero attached hydrogens (tertiary/aromatic N) is 1. The minimum absolute atomic E-state index is 0.112. The van der Waals surface area contributed by atoms with Crippen molar-refractivity contribution in [2.75, 3.05) is 18.1 Å². The zero-order chi connectivity index (χ0) is 14.0. The fraction of sp³-hybridized carbons (Fsp3) is 0.625. The van der Waals surface area contributed by atoms with E-state index in [2.05, 4.69) is 59.8 Å². The van der Waals surface area contributed by atoms with Crippen LogP contribution in [0.15, 0.2) is 22.7 Å². The van der Waals surface area contributed by atoms with Crippen LogP contribution in [-0.2, 0) is 0 Å². The molecule has 0 bridgehead atoms. The molecule has 0 amide bonds. The number of aliphatic hydroxyl groups is 1. The predicted octanol–water partition coefficient (Wildman–Crippen LogP) is 4.13. The molecule has 1 aromatic rings. The van der Waals surface area contributed by atoms with Crippen LogP contribution < -0.4 is 4.90 Å². The maximum absolute atomic E-state index is 9.26. The van der Waals surface area contributed by atoms with Crippen LogP contribution in [0.1, 0.15) is 38.7 Å². The lowest BCUT2D eigenvalue weighted by Crippen LogP contribution is -2.53. The molecule has 19 heavy (non-hydrogen) atoms. The second-order valence-electron chi connectivity index (χ2n) is 6.09. The van der Waals surface area contributed by atoms with Crippen LogP contribution in [0.5, 0.6) is 0 Å². The molecule has 1 fully saturated rings. The summed E-state index contributed by atoms with van der Waals surface area (Å²) in [6, 6.07) is 6.59. The van der Waals surface area contributed by atoms with Gasteiger partial charge in [0.25, 0.3) is 0 Å². The molecular weight excluding hydrogens is 302 g/mol. The fourth-order valence-electron chi connectivity index (χ4n) is 3.27. The zero-order valence-corrected chi connectivity index (χ0v) is 13.7. The Morgan fingerprint density at radius 1 is 1.42 bits per heavy atom. The molecule has 0 radical (unpaired) electrons. The molecule has 1 aliphatic rings. The van der Waals surface area contributed by atoms with Crippen LogP contribution in [0.2, 0.25) is 0 Å². The maximum atomic E-state index is 9.26. The Balaban J connectivity index is 2.29. The lowest BCUT2D eigenvalue weighted by Gasteiger charge is -2.49. The van der Waals surface area contributed by atoms with Crippen molar-refractivity contribution in [3.8, 4) is 0 Å². The molecule has 0 saturated carbocycles. The third-order valence-corrected chi connectivity index (χ3v) is 5.45. The van der Waals surface area contributed by atoms with Gasteiger partial charge in [-0.1, -0.05) is 15.9 Å². The van der Waals surface area contributed by atoms with Crippen molar-refractivity contribution in [2.24, 2.45) is 5.92 Å². The van der Waals surface area contributed by atoms with E-state index in [-0.39, 0.29) is 5.54 Å². The summed E-state index contributed by atoms with van der Waals surface area (Å²) in [4.78, 5) is 2.51. The van der Waals surface area contributed by atoms with Gasteiger partial charge in [0.05, 0.1) is 0 Å². The van der Waals surface area contributed by atoms with E-state index in [1.165, 1.54) is 24.1 Å². The molecule has 0 aromatic heterocycles. The van der Waals surface area contributed by atoms with Crippen molar-refractivity contribution in [3.05, 3.63) is 28.2 Å². The van der Waals surface area contributed by atoms with Gasteiger partial charge in [-0.05, 0) is 69.7 Å². The Morgan fingerprint density at radius 2 is 2.16 bits per heavy atom. The van der Waals surface area contributed by atoms with Crippen molar-refractivity contribution in [1.82, 2.24) is 0 Å². The largest absolute Gasteiger partial charge is 0.396 e. The highest BCUT2D eigenvalue weighted by Crippen LogP contribution is 2.39. The first-order valence-corrected chi connectivity index (χ1v) is 7.90. The van der Waals surface area contributed by atoms with Crippen LogP contribution in [0.25, 0.3) is 0 Å². The highest BCUT2D eigenvalue weighted by atomic mass is 79.9. The molecule has 106 valence electrons. The van der Waals surface area contributed by atoms with Crippen molar-refractivity contribution < 1.29 is 5.11 Å². The lowest BCUT2D eigenvalue weighted by atomic mass is 9.77. The third kappa shape index (κ3) is 2.97. The second-order valence-corrected chi connectivity index (χ2v) is 6.94. The first kappa shape index (κ1) is 14.9. The maximum Gasteiger partial charge on any atom is 0.0434 e. The summed E-state index contributed by atoms with van der Waals surface area (Å²) in [6.07, 6.45) is 3.34. The highest BCUT2D eigenvalue weighted by Gasteiger charge is 2.38. The van der Waals surface area contributed by atoms with Crippen molar-refractivity contribution >= 4 is 21.6 Å². The summed E-state index contributed by atoms with van der Waals surface area (Å²) >= 11 is 3.57. The van der Waals surface area contributed by atoms with Crippen LogP contribution >= 0.6 is 15.9 Å². The molecule has 1 unspecified atom stereocenters. The summed E-state index contributed by atoms with van der Waals surface area (Å²) in [5.74, 6) is 0.565. The number of aliphatic hydroxyl groups excluding tert-OH is 1. The van der Waals surface area contributed by atoms with Gasteiger partial charge in [-0.3, -0.25) is 0 Å². The number of benzene rings is 1. The minimum Gasteiger partial charge on any atom is -0.396 e. The van der Waals surface area contributed by atoms with Crippen molar-refractivity contribution in [2.45, 2.75) is 45.6 Å². The van der Waals surface area contributed by atoms with E-state index in [9.17, 15) is 5.11 Å². The Labute approximate surface area is 124 Å². The smallest absolute Gasteiger partial charge is 0.0434 e. The van der Waals surface area contributed by atoms with E-state index in [0.29, 0.717) is 12.5 Å². The van der Waals surface area contributed by atoms with E-state index in [1.807, 2.05) is 0 Å². The average molecular weight is 326 g/mol. The van der Waals surface area contributed by atoms with E-state index < -0.39 is 0 Å². The number of hydrogen-bond donors (Lipinski definition) is 1. The molecule has 1 N–H and O–H groups in total. The van der Waals surface area contributed by atoms with Crippen LogP contribution in [-0.4, -0.2) is 23.8 Å². The van der Waals surface area contributed by atoms with E-state index in [1.54, 1.807) is 0 Å². The molecule has 0 aliphatic carbocycles. The van der Waals surface area contributed by atoms with Crippen LogP contribution in [0.3, 0.4) is 0 Å². The van der Waals surface area contributed by atoms with Gasteiger partial charge < -0.3 is 10.0 Å². The lowest BCUT2D eigenvalue weighted by molar-refractivity contribution is 0.176. The number of rotatable bonds is 3. The minimum atomic E-state index is 0.112. The van der Waals surface area contributed by atoms with Crippen LogP contribution in [0.4, 0.5) is 5.69 Å². The Kier molecular flexibility index (Phi) is 4.57. The molecule has 1 aliphatic heterocycles. The van der Waals surface area contributed by atoms with Gasteiger partial charge in [0.15, 0.2) is 0 Å². The van der Waals surface area contributed by atoms with Gasteiger partial charge in [-0.15, -0.1) is 0 Å². The number of halogens is 1. The Morgan fingerprint density at radius 3 is 2.79 bits per heavy atom. The van der Waals surface area contributed by atoms with Gasteiger partial charge >= 0.3 is 0 Å². The molecule has 2 rings (SSSR count). The summed E-state index contributed by atoms with van der Waals surface area (Å²) in [7, 11) is 0. The molecule has 1 atom stereocenters. The van der Waals surface area contributed by atoms with E-state index >= 15 is 0 Å². The van der Waals surface area contributed by atoms with Crippen molar-refractivity contribution in [3.63, 3.8) is 0 Å². The van der Waals surface area contributed by atoms with Gasteiger partial charge in [0.2, 0.25) is 0 Å². The summed E-state index contributed by atoms with van der Waals surface area (Å²) in [6.45, 7) is 8.15. The number of piperidine rings is 1. The molecule has 1 heterocycles. The van der Waals surface area contributed by atoms with Gasteiger partial charge in [-0.25, -0.2) is 0 Å². The molecule has 0 spiro atoms. The van der Waals surface area contributed by atoms with Gasteiger partial charge in [-0.2, -0.15) is 0 Å². The first-order valence-electron chi connectivity index (χ1n) is 7.11. The topological polar surface area (TPSA) is 23.5 Å². The molecular formula is C16H24BrNO. The van der Waals surface area contributed by atoms with E-state index in [0.717, 1.165) is 17.4 Å². The second kappa shape index (κ2) is 5.84. The van der Waals surface area contributed by atoms with Gasteiger partial charge in [0.1, 0.15) is 0 Å². The zero-order valence-electron chi connectivity index (χ0n) is 12.1. The Bertz CT molecular complexity index is 442. The molecule has 1 aromatic carbocycles. The quantitative estimate of drug-likeness (QED) is 0.902. The molecule has 2 nitrogen and oxygen atoms in total. The number of anilines is 1. The normalized spacial score (nSPS) is 22.6. The Hall–Kier alpha value is -0.540. The number of hydrogen-bond acceptors (Lipinski definition) is 2. The van der Waals surface area contributed by atoms with E-state index in [4.69, 9.17) is 0 Å². The van der Waals surface area contributed by atoms with Gasteiger partial charge in [0, 0.05) is 28.9 Å². The molecule has 3 heteroatoms. The monoisotopic (exact) mass is 325 g/mol. The first-order chi connectivity index (χ1) is 8.96. The summed E-state index contributed by atoms with van der Waals surface area (Å²) in [5.41, 5.74) is 2.69. The predicted molar refractivity (Wildman–Crippen MR) is 84.7 cm³/mol. The number of aryl methyl sites for hydroxylation is 1. The highest BCUT2D eigenvalue weighted by molar-refractivity contribution is 9.10.